The molecule has 3 aromatic rings. The molecule has 0 saturated heterocycles. The van der Waals surface area contributed by atoms with Crippen LogP contribution in [0.1, 0.15) is 56.6 Å². The molecule has 11 heteroatoms. The Morgan fingerprint density at radius 1 is 1.16 bits per heavy atom. The molecular weight excluding hydrogens is 509 g/mol. The maximum Gasteiger partial charge on any atom is 0.404 e. The van der Waals surface area contributed by atoms with Gasteiger partial charge in [-0.1, -0.05) is 68.1 Å². The predicted octanol–water partition coefficient (Wildman–Crippen LogP) is 7.02. The molecule has 37 heavy (non-hydrogen) atoms. The quantitative estimate of drug-likeness (QED) is 0.363. The van der Waals surface area contributed by atoms with Gasteiger partial charge >= 0.3 is 17.8 Å². The molecule has 0 aliphatic heterocycles. The highest BCUT2D eigenvalue weighted by molar-refractivity contribution is 6.33. The van der Waals surface area contributed by atoms with Crippen LogP contribution in [0.3, 0.4) is 0 Å². The maximum absolute atomic E-state index is 12.3. The van der Waals surface area contributed by atoms with Crippen LogP contribution in [0.4, 0.5) is 13.2 Å². The Hall–Kier alpha value is -3.24. The highest BCUT2D eigenvalue weighted by atomic mass is 35.5. The van der Waals surface area contributed by atoms with Crippen molar-refractivity contribution in [2.45, 2.75) is 58.2 Å². The first-order chi connectivity index (χ1) is 17.4. The van der Waals surface area contributed by atoms with Gasteiger partial charge in [0.25, 0.3) is 0 Å². The number of carboxylic acid groups (broad SMARTS) is 1. The second kappa shape index (κ2) is 11.4. The SMILES string of the molecule is CC(C)c1cccc(-c2nc(-c3cc(C[NH-])ccc3Cl)[nH]c(=O)n2)c1.O=C(O)C1(C(F)(F)F)CCCC1. The van der Waals surface area contributed by atoms with Crippen LogP contribution in [0, 0.1) is 5.41 Å². The summed E-state index contributed by atoms with van der Waals surface area (Å²) in [6.45, 7) is 4.34. The number of hydrogen-bond donors (Lipinski definition) is 2. The summed E-state index contributed by atoms with van der Waals surface area (Å²) in [5, 5.41) is 8.95. The maximum atomic E-state index is 12.3. The first-order valence-electron chi connectivity index (χ1n) is 11.7. The van der Waals surface area contributed by atoms with E-state index in [0.717, 1.165) is 16.7 Å². The number of nitrogens with one attached hydrogen (secondary N) is 2. The van der Waals surface area contributed by atoms with Crippen LogP contribution < -0.4 is 5.69 Å². The van der Waals surface area contributed by atoms with Crippen molar-refractivity contribution < 1.29 is 23.1 Å². The van der Waals surface area contributed by atoms with Crippen LogP contribution >= 0.6 is 11.6 Å². The summed E-state index contributed by atoms with van der Waals surface area (Å²) in [6, 6.07) is 13.1. The molecule has 3 N–H and O–H groups in total. The van der Waals surface area contributed by atoms with Crippen LogP contribution in [-0.2, 0) is 11.3 Å². The van der Waals surface area contributed by atoms with Crippen LogP contribution in [0.2, 0.25) is 5.02 Å². The Morgan fingerprint density at radius 2 is 1.84 bits per heavy atom. The topological polar surface area (TPSA) is 120 Å². The molecule has 198 valence electrons. The molecule has 1 saturated carbocycles. The minimum atomic E-state index is -4.60. The lowest BCUT2D eigenvalue weighted by atomic mass is 9.86. The van der Waals surface area contributed by atoms with Crippen molar-refractivity contribution >= 4 is 17.6 Å². The third-order valence-corrected chi connectivity index (χ3v) is 6.69. The predicted molar refractivity (Wildman–Crippen MR) is 135 cm³/mol. The van der Waals surface area contributed by atoms with Crippen molar-refractivity contribution in [3.63, 3.8) is 0 Å². The summed E-state index contributed by atoms with van der Waals surface area (Å²) >= 11 is 6.26. The zero-order chi connectivity index (χ0) is 27.4. The molecule has 1 heterocycles. The first-order valence-corrected chi connectivity index (χ1v) is 12.1. The minimum absolute atomic E-state index is 0.128. The fraction of sp³-hybridized carbons (Fsp3) is 0.385. The lowest BCUT2D eigenvalue weighted by Crippen LogP contribution is -2.42. The van der Waals surface area contributed by atoms with Gasteiger partial charge in [0.2, 0.25) is 0 Å². The standard InChI is InChI=1S/C19H18ClN4O.C7H9F3O2/c1-11(2)13-4-3-5-14(9-13)17-22-18(24-19(25)23-17)15-8-12(10-21)6-7-16(15)20;8-7(9,10)6(5(11)12)3-1-2-4-6/h3-9,11,21H,10H2,1-2H3,(H,22,23,24,25);1-4H2,(H,11,12)/q-1;. The Morgan fingerprint density at radius 3 is 2.38 bits per heavy atom. The van der Waals surface area contributed by atoms with Crippen molar-refractivity contribution in [1.82, 2.24) is 15.0 Å². The lowest BCUT2D eigenvalue weighted by molar-refractivity contribution is -0.229. The molecular formula is C26H27ClF3N4O3-. The molecule has 4 rings (SSSR count). The fourth-order valence-electron chi connectivity index (χ4n) is 4.14. The van der Waals surface area contributed by atoms with E-state index in [1.807, 2.05) is 24.3 Å². The van der Waals surface area contributed by atoms with Crippen LogP contribution in [0.15, 0.2) is 47.3 Å². The van der Waals surface area contributed by atoms with Gasteiger partial charge in [-0.3, -0.25) is 9.78 Å². The number of carbonyl (C=O) groups is 1. The lowest BCUT2D eigenvalue weighted by Gasteiger charge is -2.26. The average Bonchev–Trinajstić information content (AvgIpc) is 3.37. The summed E-state index contributed by atoms with van der Waals surface area (Å²) in [5.74, 6) is -0.657. The summed E-state index contributed by atoms with van der Waals surface area (Å²) in [4.78, 5) is 33.6. The van der Waals surface area contributed by atoms with Crippen molar-refractivity contribution in [2.24, 2.45) is 5.41 Å². The number of halogens is 4. The number of benzene rings is 2. The van der Waals surface area contributed by atoms with E-state index >= 15 is 0 Å². The second-order valence-corrected chi connectivity index (χ2v) is 9.60. The number of nitrogens with zero attached hydrogens (tertiary/aromatic N) is 2. The van der Waals surface area contributed by atoms with Gasteiger partial charge in [0.05, 0.1) is 5.02 Å². The van der Waals surface area contributed by atoms with Crippen molar-refractivity contribution in [3.8, 4) is 22.8 Å². The summed E-state index contributed by atoms with van der Waals surface area (Å²) in [6.07, 6.45) is -4.44. The zero-order valence-corrected chi connectivity index (χ0v) is 21.1. The number of H-pyrrole nitrogens is 1. The van der Waals surface area contributed by atoms with E-state index in [0.29, 0.717) is 41.0 Å². The average molecular weight is 536 g/mol. The van der Waals surface area contributed by atoms with E-state index in [4.69, 9.17) is 22.4 Å². The van der Waals surface area contributed by atoms with Gasteiger partial charge in [-0.15, -0.1) is 6.54 Å². The third-order valence-electron chi connectivity index (χ3n) is 6.36. The number of rotatable bonds is 5. The Balaban J connectivity index is 0.000000266. The summed E-state index contributed by atoms with van der Waals surface area (Å²) in [7, 11) is 0. The number of aliphatic carboxylic acids is 1. The number of aromatic nitrogens is 3. The molecule has 7 nitrogen and oxygen atoms in total. The number of hydrogen-bond acceptors (Lipinski definition) is 4. The van der Waals surface area contributed by atoms with Gasteiger partial charge in [0, 0.05) is 11.1 Å². The largest absolute Gasteiger partial charge is 0.674 e. The molecule has 2 aromatic carbocycles. The second-order valence-electron chi connectivity index (χ2n) is 9.19. The summed E-state index contributed by atoms with van der Waals surface area (Å²) < 4.78 is 36.9. The Kier molecular flexibility index (Phi) is 8.76. The van der Waals surface area contributed by atoms with E-state index < -0.39 is 23.3 Å². The van der Waals surface area contributed by atoms with Crippen molar-refractivity contribution in [1.29, 1.82) is 0 Å². The molecule has 0 spiro atoms. The normalized spacial score (nSPS) is 14.8. The highest BCUT2D eigenvalue weighted by Gasteiger charge is 2.61. The molecule has 0 atom stereocenters. The monoisotopic (exact) mass is 535 g/mol. The Labute approximate surface area is 216 Å². The van der Waals surface area contributed by atoms with Gasteiger partial charge in [0.15, 0.2) is 11.2 Å². The van der Waals surface area contributed by atoms with Crippen LogP contribution in [-0.4, -0.2) is 32.2 Å². The molecule has 1 aliphatic rings. The van der Waals surface area contributed by atoms with Gasteiger partial charge in [-0.05, 0) is 42.5 Å². The van der Waals surface area contributed by atoms with Crippen molar-refractivity contribution in [2.75, 3.05) is 0 Å². The van der Waals surface area contributed by atoms with E-state index in [1.165, 1.54) is 0 Å². The van der Waals surface area contributed by atoms with E-state index in [-0.39, 0.29) is 19.4 Å². The van der Waals surface area contributed by atoms with Crippen LogP contribution in [0.5, 0.6) is 0 Å². The molecule has 1 fully saturated rings. The number of carboxylic acids is 1. The third kappa shape index (κ3) is 6.37. The number of alkyl halides is 3. The first kappa shape index (κ1) is 28.3. The fourth-order valence-corrected chi connectivity index (χ4v) is 4.35. The summed E-state index contributed by atoms with van der Waals surface area (Å²) in [5.41, 5.74) is 7.89. The molecule has 1 aromatic heterocycles. The van der Waals surface area contributed by atoms with E-state index in [1.54, 1.807) is 18.2 Å². The zero-order valence-electron chi connectivity index (χ0n) is 20.3. The molecule has 0 unspecified atom stereocenters. The van der Waals surface area contributed by atoms with E-state index in [9.17, 15) is 22.8 Å². The van der Waals surface area contributed by atoms with Gasteiger partial charge < -0.3 is 10.8 Å². The minimum Gasteiger partial charge on any atom is -0.674 e. The molecule has 0 radical (unpaired) electrons. The smallest absolute Gasteiger partial charge is 0.404 e. The molecule has 0 amide bonds. The Bertz CT molecular complexity index is 1320. The highest BCUT2D eigenvalue weighted by Crippen LogP contribution is 2.50. The van der Waals surface area contributed by atoms with Crippen LogP contribution in [0.25, 0.3) is 28.5 Å². The number of aromatic amines is 1. The van der Waals surface area contributed by atoms with Crippen molar-refractivity contribution in [3.05, 3.63) is 74.8 Å². The molecule has 1 aliphatic carbocycles. The molecule has 0 bridgehead atoms. The van der Waals surface area contributed by atoms with E-state index in [2.05, 4.69) is 28.8 Å². The van der Waals surface area contributed by atoms with Gasteiger partial charge in [-0.25, -0.2) is 9.78 Å². The van der Waals surface area contributed by atoms with Gasteiger partial charge in [-0.2, -0.15) is 18.2 Å². The van der Waals surface area contributed by atoms with Gasteiger partial charge in [0.1, 0.15) is 5.82 Å².